The van der Waals surface area contributed by atoms with Gasteiger partial charge in [-0.25, -0.2) is 0 Å². The summed E-state index contributed by atoms with van der Waals surface area (Å²) in [6, 6.07) is 5.17. The third-order valence-corrected chi connectivity index (χ3v) is 2.79. The molecule has 1 rings (SSSR count). The molecule has 1 aromatic carbocycles. The molecule has 0 aromatic heterocycles. The van der Waals surface area contributed by atoms with Crippen molar-refractivity contribution < 1.29 is 19.1 Å². The van der Waals surface area contributed by atoms with Gasteiger partial charge in [0, 0.05) is 25.8 Å². The number of benzene rings is 1. The summed E-state index contributed by atoms with van der Waals surface area (Å²) in [5.74, 6) is 0.453. The number of methoxy groups -OCH3 is 1. The van der Waals surface area contributed by atoms with Crippen LogP contribution in [0.2, 0.25) is 0 Å². The first-order valence-electron chi connectivity index (χ1n) is 6.54. The lowest BCUT2D eigenvalue weighted by atomic mass is 10.1. The van der Waals surface area contributed by atoms with E-state index >= 15 is 0 Å². The predicted octanol–water partition coefficient (Wildman–Crippen LogP) is 1.73. The van der Waals surface area contributed by atoms with Gasteiger partial charge < -0.3 is 14.8 Å². The van der Waals surface area contributed by atoms with Crippen molar-refractivity contribution >= 4 is 11.7 Å². The first-order valence-corrected chi connectivity index (χ1v) is 6.54. The third kappa shape index (κ3) is 5.40. The molecule has 0 heterocycles. The lowest BCUT2D eigenvalue weighted by molar-refractivity contribution is -0.123. The van der Waals surface area contributed by atoms with E-state index in [9.17, 15) is 9.59 Å². The molecular formula is C15H21NO4. The molecule has 0 bridgehead atoms. The van der Waals surface area contributed by atoms with Crippen LogP contribution in [0.25, 0.3) is 0 Å². The van der Waals surface area contributed by atoms with Crippen LogP contribution in [0.5, 0.6) is 5.75 Å². The molecule has 1 N–H and O–H groups in total. The van der Waals surface area contributed by atoms with Gasteiger partial charge in [-0.1, -0.05) is 0 Å². The molecule has 1 aromatic rings. The number of rotatable bonds is 8. The summed E-state index contributed by atoms with van der Waals surface area (Å²) >= 11 is 0. The highest BCUT2D eigenvalue weighted by atomic mass is 16.5. The predicted molar refractivity (Wildman–Crippen MR) is 76.2 cm³/mol. The van der Waals surface area contributed by atoms with E-state index < -0.39 is 0 Å². The van der Waals surface area contributed by atoms with E-state index in [1.54, 1.807) is 25.3 Å². The summed E-state index contributed by atoms with van der Waals surface area (Å²) in [7, 11) is 1.62. The van der Waals surface area contributed by atoms with Crippen LogP contribution in [-0.2, 0) is 9.53 Å². The molecule has 0 aliphatic rings. The van der Waals surface area contributed by atoms with Crippen molar-refractivity contribution in [1.29, 1.82) is 0 Å². The minimum Gasteiger partial charge on any atom is -0.484 e. The second-order valence-electron chi connectivity index (χ2n) is 4.52. The van der Waals surface area contributed by atoms with Gasteiger partial charge in [0.1, 0.15) is 5.75 Å². The van der Waals surface area contributed by atoms with Crippen LogP contribution in [0, 0.1) is 6.92 Å². The number of amides is 1. The molecule has 0 fully saturated rings. The normalized spacial score (nSPS) is 10.2. The Balaban J connectivity index is 2.41. The number of nitrogens with one attached hydrogen (secondary N) is 1. The van der Waals surface area contributed by atoms with E-state index in [1.807, 2.05) is 6.92 Å². The van der Waals surface area contributed by atoms with Gasteiger partial charge in [-0.2, -0.15) is 0 Å². The zero-order valence-corrected chi connectivity index (χ0v) is 12.2. The van der Waals surface area contributed by atoms with Gasteiger partial charge in [0.05, 0.1) is 0 Å². The Kier molecular flexibility index (Phi) is 6.73. The van der Waals surface area contributed by atoms with E-state index in [4.69, 9.17) is 9.47 Å². The second-order valence-corrected chi connectivity index (χ2v) is 4.52. The van der Waals surface area contributed by atoms with Crippen molar-refractivity contribution in [2.75, 3.05) is 26.9 Å². The zero-order valence-electron chi connectivity index (χ0n) is 12.2. The number of ketones is 1. The molecule has 0 spiro atoms. The molecule has 110 valence electrons. The number of carbonyl (C=O) groups is 2. The summed E-state index contributed by atoms with van der Waals surface area (Å²) in [5.41, 5.74) is 1.48. The van der Waals surface area contributed by atoms with Gasteiger partial charge in [-0.3, -0.25) is 9.59 Å². The van der Waals surface area contributed by atoms with Gasteiger partial charge in [0.25, 0.3) is 5.91 Å². The van der Waals surface area contributed by atoms with Crippen molar-refractivity contribution in [2.24, 2.45) is 0 Å². The maximum absolute atomic E-state index is 11.5. The van der Waals surface area contributed by atoms with Gasteiger partial charge in [0.15, 0.2) is 12.4 Å². The maximum Gasteiger partial charge on any atom is 0.257 e. The summed E-state index contributed by atoms with van der Waals surface area (Å²) < 4.78 is 10.3. The van der Waals surface area contributed by atoms with E-state index in [0.29, 0.717) is 24.5 Å². The number of hydrogen-bond donors (Lipinski definition) is 1. The van der Waals surface area contributed by atoms with Crippen LogP contribution < -0.4 is 10.1 Å². The number of carbonyl (C=O) groups excluding carboxylic acids is 2. The zero-order chi connectivity index (χ0) is 15.0. The average Bonchev–Trinajstić information content (AvgIpc) is 2.42. The molecular weight excluding hydrogens is 258 g/mol. The molecule has 0 radical (unpaired) electrons. The van der Waals surface area contributed by atoms with Gasteiger partial charge in [-0.05, 0) is 44.0 Å². The van der Waals surface area contributed by atoms with Crippen LogP contribution >= 0.6 is 0 Å². The minimum absolute atomic E-state index is 0.00976. The fourth-order valence-corrected chi connectivity index (χ4v) is 1.67. The maximum atomic E-state index is 11.5. The number of aryl methyl sites for hydroxylation is 1. The van der Waals surface area contributed by atoms with Crippen molar-refractivity contribution in [3.63, 3.8) is 0 Å². The molecule has 0 unspecified atom stereocenters. The average molecular weight is 279 g/mol. The summed E-state index contributed by atoms with van der Waals surface area (Å²) in [5, 5.41) is 2.74. The SMILES string of the molecule is COCCCNC(=O)COc1ccc(C(C)=O)cc1C. The van der Waals surface area contributed by atoms with Crippen molar-refractivity contribution in [3.05, 3.63) is 29.3 Å². The first-order chi connectivity index (χ1) is 9.54. The van der Waals surface area contributed by atoms with Gasteiger partial charge in [-0.15, -0.1) is 0 Å². The van der Waals surface area contributed by atoms with Crippen LogP contribution in [0.3, 0.4) is 0 Å². The van der Waals surface area contributed by atoms with E-state index in [2.05, 4.69) is 5.32 Å². The summed E-state index contributed by atoms with van der Waals surface area (Å²) in [6.07, 6.45) is 0.772. The molecule has 5 heteroatoms. The largest absolute Gasteiger partial charge is 0.484 e. The number of Topliss-reactive ketones (excluding diaryl/α,β-unsaturated/α-hetero) is 1. The Bertz CT molecular complexity index is 471. The van der Waals surface area contributed by atoms with E-state index in [1.165, 1.54) is 6.92 Å². The minimum atomic E-state index is -0.170. The van der Waals surface area contributed by atoms with Crippen LogP contribution in [-0.4, -0.2) is 38.6 Å². The van der Waals surface area contributed by atoms with Crippen molar-refractivity contribution in [3.8, 4) is 5.75 Å². The Morgan fingerprint density at radius 2 is 2.05 bits per heavy atom. The van der Waals surface area contributed by atoms with Crippen LogP contribution in [0.1, 0.15) is 29.3 Å². The lowest BCUT2D eigenvalue weighted by Gasteiger charge is -2.10. The highest BCUT2D eigenvalue weighted by Crippen LogP contribution is 2.19. The van der Waals surface area contributed by atoms with Crippen LogP contribution in [0.4, 0.5) is 0 Å². The first kappa shape index (κ1) is 16.2. The van der Waals surface area contributed by atoms with Gasteiger partial charge in [0.2, 0.25) is 0 Å². The Hall–Kier alpha value is -1.88. The Morgan fingerprint density at radius 3 is 2.65 bits per heavy atom. The molecule has 20 heavy (non-hydrogen) atoms. The summed E-state index contributed by atoms with van der Waals surface area (Å²) in [6.45, 7) is 4.51. The molecule has 0 aliphatic heterocycles. The van der Waals surface area contributed by atoms with E-state index in [-0.39, 0.29) is 18.3 Å². The van der Waals surface area contributed by atoms with Crippen molar-refractivity contribution in [2.45, 2.75) is 20.3 Å². The lowest BCUT2D eigenvalue weighted by Crippen LogP contribution is -2.30. The number of ether oxygens (including phenoxy) is 2. The Labute approximate surface area is 119 Å². The fraction of sp³-hybridized carbons (Fsp3) is 0.467. The molecule has 0 saturated carbocycles. The topological polar surface area (TPSA) is 64.6 Å². The van der Waals surface area contributed by atoms with Crippen LogP contribution in [0.15, 0.2) is 18.2 Å². The quantitative estimate of drug-likeness (QED) is 0.581. The van der Waals surface area contributed by atoms with E-state index in [0.717, 1.165) is 12.0 Å². The number of hydrogen-bond acceptors (Lipinski definition) is 4. The highest BCUT2D eigenvalue weighted by molar-refractivity contribution is 5.94. The van der Waals surface area contributed by atoms with Gasteiger partial charge >= 0.3 is 0 Å². The highest BCUT2D eigenvalue weighted by Gasteiger charge is 2.07. The fourth-order valence-electron chi connectivity index (χ4n) is 1.67. The Morgan fingerprint density at radius 1 is 1.30 bits per heavy atom. The third-order valence-electron chi connectivity index (χ3n) is 2.79. The molecule has 0 saturated heterocycles. The smallest absolute Gasteiger partial charge is 0.257 e. The molecule has 0 atom stereocenters. The van der Waals surface area contributed by atoms with Crippen molar-refractivity contribution in [1.82, 2.24) is 5.32 Å². The second kappa shape index (κ2) is 8.32. The molecule has 0 aliphatic carbocycles. The standard InChI is InChI=1S/C15H21NO4/c1-11-9-13(12(2)17)5-6-14(11)20-10-15(18)16-7-4-8-19-3/h5-6,9H,4,7-8,10H2,1-3H3,(H,16,18). The molecule has 5 nitrogen and oxygen atoms in total. The monoisotopic (exact) mass is 279 g/mol. The molecule has 1 amide bonds. The summed E-state index contributed by atoms with van der Waals surface area (Å²) in [4.78, 5) is 22.8.